The maximum Gasteiger partial charge on any atom is 0.0344 e. The van der Waals surface area contributed by atoms with Gasteiger partial charge in [-0.2, -0.15) is 0 Å². The lowest BCUT2D eigenvalue weighted by atomic mass is 10.0. The smallest absolute Gasteiger partial charge is 0.0344 e. The summed E-state index contributed by atoms with van der Waals surface area (Å²) in [6, 6.07) is 13.0. The Morgan fingerprint density at radius 3 is 2.20 bits per heavy atom. The van der Waals surface area contributed by atoms with Crippen molar-refractivity contribution in [2.45, 2.75) is 32.4 Å². The van der Waals surface area contributed by atoms with Crippen molar-refractivity contribution < 1.29 is 0 Å². The Kier molecular flexibility index (Phi) is 5.65. The minimum atomic E-state index is 0.638. The van der Waals surface area contributed by atoms with Gasteiger partial charge in [-0.1, -0.05) is 50.2 Å². The lowest BCUT2D eigenvalue weighted by Crippen LogP contribution is -2.28. The van der Waals surface area contributed by atoms with Crippen LogP contribution < -0.4 is 0 Å². The van der Waals surface area contributed by atoms with Crippen LogP contribution in [0.1, 0.15) is 31.9 Å². The molecular formula is C13H23NSi. The van der Waals surface area contributed by atoms with Crippen molar-refractivity contribution in [2.75, 3.05) is 13.1 Å². The van der Waals surface area contributed by atoms with Crippen molar-refractivity contribution in [3.8, 4) is 0 Å². The molecule has 2 heteroatoms. The van der Waals surface area contributed by atoms with Gasteiger partial charge in [-0.15, -0.1) is 0 Å². The second-order valence-corrected chi connectivity index (χ2v) is 4.94. The Labute approximate surface area is 96.9 Å². The fraction of sp³-hybridized carbons (Fsp3) is 0.538. The molecule has 1 rings (SSSR count). The van der Waals surface area contributed by atoms with E-state index >= 15 is 0 Å². The Bertz CT molecular complexity index is 256. The summed E-state index contributed by atoms with van der Waals surface area (Å²) >= 11 is 0. The summed E-state index contributed by atoms with van der Waals surface area (Å²) in [7, 11) is 1.31. The zero-order chi connectivity index (χ0) is 11.1. The van der Waals surface area contributed by atoms with Crippen LogP contribution in [-0.2, 0) is 0 Å². The zero-order valence-corrected chi connectivity index (χ0v) is 12.2. The van der Waals surface area contributed by atoms with Crippen LogP contribution in [0.25, 0.3) is 0 Å². The van der Waals surface area contributed by atoms with E-state index in [0.717, 1.165) is 13.1 Å². The lowest BCUT2D eigenvalue weighted by molar-refractivity contribution is 0.213. The summed E-state index contributed by atoms with van der Waals surface area (Å²) in [5.74, 6) is 0. The Morgan fingerprint density at radius 2 is 1.73 bits per heavy atom. The van der Waals surface area contributed by atoms with Gasteiger partial charge in [0.2, 0.25) is 0 Å². The minimum Gasteiger partial charge on any atom is -0.297 e. The number of benzene rings is 1. The summed E-state index contributed by atoms with van der Waals surface area (Å²) in [5, 5.41) is 0. The van der Waals surface area contributed by atoms with Crippen molar-refractivity contribution in [3.63, 3.8) is 0 Å². The third kappa shape index (κ3) is 3.47. The first-order valence-electron chi connectivity index (χ1n) is 6.12. The Morgan fingerprint density at radius 1 is 1.13 bits per heavy atom. The summed E-state index contributed by atoms with van der Waals surface area (Å²) < 4.78 is 0. The molecule has 0 saturated carbocycles. The van der Waals surface area contributed by atoms with Crippen LogP contribution >= 0.6 is 0 Å². The van der Waals surface area contributed by atoms with Gasteiger partial charge < -0.3 is 0 Å². The first kappa shape index (κ1) is 12.5. The maximum atomic E-state index is 2.56. The molecule has 0 spiro atoms. The molecule has 1 nitrogen and oxygen atoms in total. The second kappa shape index (κ2) is 6.80. The van der Waals surface area contributed by atoms with E-state index in [1.54, 1.807) is 0 Å². The van der Waals surface area contributed by atoms with Gasteiger partial charge in [-0.25, -0.2) is 0 Å². The Hall–Kier alpha value is -0.603. The fourth-order valence-electron chi connectivity index (χ4n) is 2.17. The fourth-order valence-corrected chi connectivity index (χ4v) is 2.72. The molecule has 0 aliphatic heterocycles. The third-order valence-corrected chi connectivity index (χ3v) is 3.58. The first-order chi connectivity index (χ1) is 7.33. The van der Waals surface area contributed by atoms with Crippen molar-refractivity contribution in [2.24, 2.45) is 0 Å². The highest BCUT2D eigenvalue weighted by Gasteiger charge is 2.15. The van der Waals surface area contributed by atoms with Crippen LogP contribution in [0.4, 0.5) is 0 Å². The quantitative estimate of drug-likeness (QED) is 0.666. The van der Waals surface area contributed by atoms with Crippen LogP contribution in [0.3, 0.4) is 0 Å². The molecule has 0 amide bonds. The summed E-state index contributed by atoms with van der Waals surface area (Å²) in [5.41, 5.74) is 1.48. The van der Waals surface area contributed by atoms with E-state index < -0.39 is 0 Å². The molecule has 84 valence electrons. The molecule has 0 bridgehead atoms. The van der Waals surface area contributed by atoms with Crippen LogP contribution in [0, 0.1) is 0 Å². The van der Waals surface area contributed by atoms with Gasteiger partial charge in [0.05, 0.1) is 0 Å². The molecule has 15 heavy (non-hydrogen) atoms. The zero-order valence-electron chi connectivity index (χ0n) is 10.2. The molecule has 0 N–H and O–H groups in total. The standard InChI is InChI=1S/C13H23NSi/c1-3-14(4-2)13(10-11-15)12-8-6-5-7-9-12/h5-9,13H,3-4,10-11H2,1-2,15H3. The van der Waals surface area contributed by atoms with E-state index in [1.807, 2.05) is 0 Å². The van der Waals surface area contributed by atoms with Gasteiger partial charge >= 0.3 is 0 Å². The predicted molar refractivity (Wildman–Crippen MR) is 71.5 cm³/mol. The Balaban J connectivity index is 2.81. The van der Waals surface area contributed by atoms with E-state index in [4.69, 9.17) is 0 Å². The lowest BCUT2D eigenvalue weighted by Gasteiger charge is -2.29. The van der Waals surface area contributed by atoms with E-state index in [1.165, 1.54) is 28.3 Å². The highest BCUT2D eigenvalue weighted by molar-refractivity contribution is 6.08. The number of hydrogen-bond acceptors (Lipinski definition) is 1. The van der Waals surface area contributed by atoms with E-state index in [-0.39, 0.29) is 0 Å². The highest BCUT2D eigenvalue weighted by atomic mass is 28.1. The van der Waals surface area contributed by atoms with Crippen molar-refractivity contribution in [1.29, 1.82) is 0 Å². The second-order valence-electron chi connectivity index (χ2n) is 3.94. The first-order valence-corrected chi connectivity index (χ1v) is 7.53. The normalized spacial score (nSPS) is 13.3. The molecule has 0 radical (unpaired) electrons. The van der Waals surface area contributed by atoms with Crippen molar-refractivity contribution >= 4 is 10.2 Å². The van der Waals surface area contributed by atoms with Crippen molar-refractivity contribution in [3.05, 3.63) is 35.9 Å². The molecule has 0 aliphatic carbocycles. The summed E-state index contributed by atoms with van der Waals surface area (Å²) in [6.45, 7) is 6.81. The topological polar surface area (TPSA) is 3.24 Å². The van der Waals surface area contributed by atoms with Gasteiger partial charge in [0.1, 0.15) is 0 Å². The minimum absolute atomic E-state index is 0.638. The third-order valence-electron chi connectivity index (χ3n) is 3.00. The number of hydrogen-bond donors (Lipinski definition) is 0. The molecule has 1 aromatic rings. The van der Waals surface area contributed by atoms with Crippen LogP contribution in [0.5, 0.6) is 0 Å². The molecule has 0 fully saturated rings. The van der Waals surface area contributed by atoms with Crippen LogP contribution in [-0.4, -0.2) is 28.2 Å². The maximum absolute atomic E-state index is 2.56. The summed E-state index contributed by atoms with van der Waals surface area (Å²) in [6.07, 6.45) is 1.32. The van der Waals surface area contributed by atoms with E-state index in [0.29, 0.717) is 6.04 Å². The van der Waals surface area contributed by atoms with Crippen LogP contribution in [0.2, 0.25) is 6.04 Å². The molecule has 0 heterocycles. The van der Waals surface area contributed by atoms with Gasteiger partial charge in [0.15, 0.2) is 0 Å². The molecule has 1 aromatic carbocycles. The molecular weight excluding hydrogens is 198 g/mol. The van der Waals surface area contributed by atoms with Crippen LogP contribution in [0.15, 0.2) is 30.3 Å². The molecule has 1 atom stereocenters. The van der Waals surface area contributed by atoms with Gasteiger partial charge in [0.25, 0.3) is 0 Å². The molecule has 1 unspecified atom stereocenters. The van der Waals surface area contributed by atoms with Crippen molar-refractivity contribution in [1.82, 2.24) is 4.90 Å². The predicted octanol–water partition coefficient (Wildman–Crippen LogP) is 2.24. The molecule has 0 aromatic heterocycles. The summed E-state index contributed by atoms with van der Waals surface area (Å²) in [4.78, 5) is 2.56. The van der Waals surface area contributed by atoms with E-state index in [2.05, 4.69) is 49.1 Å². The average Bonchev–Trinajstić information content (AvgIpc) is 2.30. The number of nitrogens with zero attached hydrogens (tertiary/aromatic N) is 1. The number of rotatable bonds is 6. The van der Waals surface area contributed by atoms with Gasteiger partial charge in [-0.3, -0.25) is 4.90 Å². The molecule has 0 saturated heterocycles. The van der Waals surface area contributed by atoms with Gasteiger partial charge in [-0.05, 0) is 25.1 Å². The largest absolute Gasteiger partial charge is 0.297 e. The molecule has 0 aliphatic rings. The SMILES string of the molecule is CCN(CC)C(CC[SiH3])c1ccccc1. The monoisotopic (exact) mass is 221 g/mol. The average molecular weight is 221 g/mol. The van der Waals surface area contributed by atoms with Gasteiger partial charge in [0, 0.05) is 16.3 Å². The highest BCUT2D eigenvalue weighted by Crippen LogP contribution is 2.24. The van der Waals surface area contributed by atoms with E-state index in [9.17, 15) is 0 Å².